The van der Waals surface area contributed by atoms with Gasteiger partial charge in [-0.05, 0) is 55.5 Å². The van der Waals surface area contributed by atoms with Gasteiger partial charge in [-0.25, -0.2) is 9.59 Å². The lowest BCUT2D eigenvalue weighted by Crippen LogP contribution is -2.22. The zero-order valence-electron chi connectivity index (χ0n) is 17.3. The molecular formula is C23H27NO6. The summed E-state index contributed by atoms with van der Waals surface area (Å²) in [4.78, 5) is 23.1. The van der Waals surface area contributed by atoms with Gasteiger partial charge in [-0.3, -0.25) is 5.32 Å². The van der Waals surface area contributed by atoms with Gasteiger partial charge in [-0.15, -0.1) is 0 Å². The monoisotopic (exact) mass is 413 g/mol. The molecule has 0 aliphatic carbocycles. The van der Waals surface area contributed by atoms with E-state index in [4.69, 9.17) is 14.6 Å². The first-order valence-corrected chi connectivity index (χ1v) is 9.60. The van der Waals surface area contributed by atoms with Crippen molar-refractivity contribution in [1.82, 2.24) is 0 Å². The number of allylic oxidation sites excluding steroid dienone is 1. The summed E-state index contributed by atoms with van der Waals surface area (Å²) in [6, 6.07) is 12.2. The number of aliphatic carboxylic acids is 1. The maximum absolute atomic E-state index is 12.5. The van der Waals surface area contributed by atoms with Gasteiger partial charge in [0.1, 0.15) is 6.10 Å². The van der Waals surface area contributed by atoms with Gasteiger partial charge in [0.05, 0.1) is 7.11 Å². The number of hydrogen-bond donors (Lipinski definition) is 3. The number of carboxylic acids is 1. The van der Waals surface area contributed by atoms with Crippen LogP contribution in [0.2, 0.25) is 0 Å². The van der Waals surface area contributed by atoms with Crippen LogP contribution in [0.5, 0.6) is 11.5 Å². The topological polar surface area (TPSA) is 105 Å². The lowest BCUT2D eigenvalue weighted by Gasteiger charge is -2.25. The van der Waals surface area contributed by atoms with Gasteiger partial charge in [0.2, 0.25) is 0 Å². The number of amides is 1. The smallest absolute Gasteiger partial charge is 0.412 e. The molecule has 0 heterocycles. The van der Waals surface area contributed by atoms with Crippen molar-refractivity contribution in [3.8, 4) is 11.5 Å². The summed E-state index contributed by atoms with van der Waals surface area (Å²) >= 11 is 0. The maximum atomic E-state index is 12.5. The van der Waals surface area contributed by atoms with E-state index >= 15 is 0 Å². The standard InChI is InChI=1S/C23H27NO6/c1-15-8-11-18(12-9-15)24-23(28)30-22(16(2)6-4-5-7-21(26)27)17-10-13-20(29-3)19(25)14-17/h5,7-14,16,22,25H,4,6H2,1-3H3,(H,24,28)(H,26,27)/b7-5+/t16-,22+/m1/s1. The number of hydrogen-bond acceptors (Lipinski definition) is 5. The molecule has 0 saturated heterocycles. The molecule has 1 amide bonds. The molecule has 0 fully saturated rings. The summed E-state index contributed by atoms with van der Waals surface area (Å²) in [7, 11) is 1.45. The normalized spacial score (nSPS) is 12.9. The van der Waals surface area contributed by atoms with Gasteiger partial charge in [0.25, 0.3) is 0 Å². The molecule has 2 rings (SSSR count). The van der Waals surface area contributed by atoms with E-state index in [0.29, 0.717) is 29.8 Å². The van der Waals surface area contributed by atoms with E-state index in [1.807, 2.05) is 26.0 Å². The van der Waals surface area contributed by atoms with Gasteiger partial charge < -0.3 is 19.7 Å². The first-order chi connectivity index (χ1) is 14.3. The van der Waals surface area contributed by atoms with Crippen molar-refractivity contribution in [3.63, 3.8) is 0 Å². The average molecular weight is 413 g/mol. The molecule has 160 valence electrons. The third kappa shape index (κ3) is 6.84. The Morgan fingerprint density at radius 2 is 1.87 bits per heavy atom. The molecule has 0 aliphatic rings. The first kappa shape index (κ1) is 22.8. The number of anilines is 1. The van der Waals surface area contributed by atoms with Crippen LogP contribution in [-0.4, -0.2) is 29.4 Å². The third-order valence-corrected chi connectivity index (χ3v) is 4.63. The number of carboxylic acid groups (broad SMARTS) is 1. The summed E-state index contributed by atoms with van der Waals surface area (Å²) < 4.78 is 10.8. The molecule has 2 atom stereocenters. The number of carbonyl (C=O) groups excluding carboxylic acids is 1. The minimum Gasteiger partial charge on any atom is -0.504 e. The van der Waals surface area contributed by atoms with Gasteiger partial charge in [-0.2, -0.15) is 0 Å². The van der Waals surface area contributed by atoms with E-state index in [-0.39, 0.29) is 11.7 Å². The molecule has 0 radical (unpaired) electrons. The Bertz CT molecular complexity index is 891. The second-order valence-corrected chi connectivity index (χ2v) is 7.04. The number of phenolic OH excluding ortho intramolecular Hbond substituents is 1. The molecule has 0 aliphatic heterocycles. The fourth-order valence-corrected chi connectivity index (χ4v) is 2.99. The predicted octanol–water partition coefficient (Wildman–Crippen LogP) is 5.06. The zero-order chi connectivity index (χ0) is 22.1. The van der Waals surface area contributed by atoms with Crippen LogP contribution in [0.25, 0.3) is 0 Å². The van der Waals surface area contributed by atoms with Crippen LogP contribution < -0.4 is 10.1 Å². The highest BCUT2D eigenvalue weighted by atomic mass is 16.6. The number of ether oxygens (including phenoxy) is 2. The molecule has 7 heteroatoms. The molecule has 0 unspecified atom stereocenters. The lowest BCUT2D eigenvalue weighted by atomic mass is 9.92. The molecule has 0 aromatic heterocycles. The highest BCUT2D eigenvalue weighted by molar-refractivity contribution is 5.84. The van der Waals surface area contributed by atoms with Crippen LogP contribution >= 0.6 is 0 Å². The van der Waals surface area contributed by atoms with Gasteiger partial charge in [0, 0.05) is 11.8 Å². The van der Waals surface area contributed by atoms with Crippen molar-refractivity contribution < 1.29 is 29.3 Å². The summed E-state index contributed by atoms with van der Waals surface area (Å²) in [5, 5.41) is 21.6. The predicted molar refractivity (Wildman–Crippen MR) is 114 cm³/mol. The van der Waals surface area contributed by atoms with Crippen molar-refractivity contribution in [1.29, 1.82) is 0 Å². The van der Waals surface area contributed by atoms with Crippen LogP contribution in [0, 0.1) is 12.8 Å². The first-order valence-electron chi connectivity index (χ1n) is 9.60. The molecule has 30 heavy (non-hydrogen) atoms. The summed E-state index contributed by atoms with van der Waals surface area (Å²) in [5.74, 6) is -0.882. The molecule has 0 bridgehead atoms. The van der Waals surface area contributed by atoms with E-state index in [2.05, 4.69) is 5.32 Å². The van der Waals surface area contributed by atoms with Gasteiger partial charge in [-0.1, -0.05) is 36.8 Å². The number of aryl methyl sites for hydroxylation is 1. The number of carbonyl (C=O) groups is 2. The van der Waals surface area contributed by atoms with E-state index in [9.17, 15) is 14.7 Å². The Hall–Kier alpha value is -3.48. The average Bonchev–Trinajstić information content (AvgIpc) is 2.70. The van der Waals surface area contributed by atoms with Crippen molar-refractivity contribution in [2.75, 3.05) is 12.4 Å². The van der Waals surface area contributed by atoms with Crippen molar-refractivity contribution in [3.05, 3.63) is 65.7 Å². The Balaban J connectivity index is 2.16. The summed E-state index contributed by atoms with van der Waals surface area (Å²) in [6.07, 6.45) is 2.48. The quantitative estimate of drug-likeness (QED) is 0.497. The molecule has 0 spiro atoms. The highest BCUT2D eigenvalue weighted by Gasteiger charge is 2.24. The Labute approximate surface area is 176 Å². The van der Waals surface area contributed by atoms with E-state index in [1.165, 1.54) is 13.2 Å². The minimum absolute atomic E-state index is 0.0551. The van der Waals surface area contributed by atoms with E-state index in [1.54, 1.807) is 30.3 Å². The second kappa shape index (κ2) is 10.9. The lowest BCUT2D eigenvalue weighted by molar-refractivity contribution is -0.131. The van der Waals surface area contributed by atoms with E-state index < -0.39 is 18.2 Å². The highest BCUT2D eigenvalue weighted by Crippen LogP contribution is 2.35. The van der Waals surface area contributed by atoms with E-state index in [0.717, 1.165) is 11.6 Å². The minimum atomic E-state index is -1.01. The number of aromatic hydroxyl groups is 1. The Morgan fingerprint density at radius 3 is 2.47 bits per heavy atom. The fraction of sp³-hybridized carbons (Fsp3) is 0.304. The molecule has 2 aromatic rings. The SMILES string of the molecule is COc1ccc([C@@H](OC(=O)Nc2ccc(C)cc2)[C@H](C)CC/C=C/C(=O)O)cc1O. The number of methoxy groups -OCH3 is 1. The van der Waals surface area contributed by atoms with Crippen molar-refractivity contribution in [2.45, 2.75) is 32.8 Å². The van der Waals surface area contributed by atoms with Crippen LogP contribution in [0.3, 0.4) is 0 Å². The Kier molecular flexibility index (Phi) is 8.29. The zero-order valence-corrected chi connectivity index (χ0v) is 17.3. The molecule has 2 aromatic carbocycles. The van der Waals surface area contributed by atoms with Crippen molar-refractivity contribution >= 4 is 17.7 Å². The number of phenols is 1. The molecular weight excluding hydrogens is 386 g/mol. The maximum Gasteiger partial charge on any atom is 0.412 e. The summed E-state index contributed by atoms with van der Waals surface area (Å²) in [6.45, 7) is 3.86. The largest absolute Gasteiger partial charge is 0.504 e. The second-order valence-electron chi connectivity index (χ2n) is 7.04. The van der Waals surface area contributed by atoms with Crippen molar-refractivity contribution in [2.24, 2.45) is 5.92 Å². The summed E-state index contributed by atoms with van der Waals surface area (Å²) in [5.41, 5.74) is 2.30. The molecule has 3 N–H and O–H groups in total. The van der Waals surface area contributed by atoms with Gasteiger partial charge >= 0.3 is 12.1 Å². The number of rotatable bonds is 9. The Morgan fingerprint density at radius 1 is 1.17 bits per heavy atom. The molecule has 7 nitrogen and oxygen atoms in total. The van der Waals surface area contributed by atoms with Crippen LogP contribution in [-0.2, 0) is 9.53 Å². The number of benzene rings is 2. The van der Waals surface area contributed by atoms with Crippen LogP contribution in [0.4, 0.5) is 10.5 Å². The van der Waals surface area contributed by atoms with Crippen LogP contribution in [0.15, 0.2) is 54.6 Å². The van der Waals surface area contributed by atoms with Gasteiger partial charge in [0.15, 0.2) is 11.5 Å². The van der Waals surface area contributed by atoms with Crippen LogP contribution in [0.1, 0.15) is 37.0 Å². The third-order valence-electron chi connectivity index (χ3n) is 4.63. The number of nitrogens with one attached hydrogen (secondary N) is 1. The molecule has 0 saturated carbocycles. The fourth-order valence-electron chi connectivity index (χ4n) is 2.99.